The molecule has 36 heavy (non-hydrogen) atoms. The highest BCUT2D eigenvalue weighted by Gasteiger charge is 2.28. The predicted octanol–water partition coefficient (Wildman–Crippen LogP) is 4.86. The molecule has 0 aliphatic heterocycles. The van der Waals surface area contributed by atoms with Crippen LogP contribution < -0.4 is 0 Å². The van der Waals surface area contributed by atoms with E-state index in [1.54, 1.807) is 18.2 Å². The molecule has 188 valence electrons. The molecule has 1 aromatic carbocycles. The number of carbonyl (C=O) groups is 1. The zero-order valence-electron chi connectivity index (χ0n) is 20.4. The van der Waals surface area contributed by atoms with E-state index >= 15 is 0 Å². The van der Waals surface area contributed by atoms with E-state index < -0.39 is 21.8 Å². The number of fused-ring (bicyclic) bond motifs is 1. The van der Waals surface area contributed by atoms with E-state index in [0.29, 0.717) is 17.7 Å². The zero-order chi connectivity index (χ0) is 26.3. The lowest BCUT2D eigenvalue weighted by atomic mass is 9.76. The molecule has 4 aromatic rings. The summed E-state index contributed by atoms with van der Waals surface area (Å²) < 4.78 is 42.1. The number of pyridine rings is 1. The smallest absolute Gasteiger partial charge is 0.303 e. The maximum Gasteiger partial charge on any atom is 0.303 e. The van der Waals surface area contributed by atoms with Crippen molar-refractivity contribution in [2.45, 2.75) is 45.4 Å². The Balaban J connectivity index is 1.83. The number of rotatable bonds is 7. The first kappa shape index (κ1) is 25.4. The number of carboxylic acid groups (broad SMARTS) is 1. The summed E-state index contributed by atoms with van der Waals surface area (Å²) in [5.41, 5.74) is 1.59. The van der Waals surface area contributed by atoms with Crippen molar-refractivity contribution in [3.8, 4) is 11.4 Å². The van der Waals surface area contributed by atoms with Gasteiger partial charge in [-0.1, -0.05) is 38.5 Å². The van der Waals surface area contributed by atoms with Gasteiger partial charge >= 0.3 is 5.97 Å². The second-order valence-electron chi connectivity index (χ2n) is 9.92. The molecule has 3 aromatic heterocycles. The van der Waals surface area contributed by atoms with E-state index in [1.807, 2.05) is 27.7 Å². The average molecular weight is 511 g/mol. The Morgan fingerprint density at radius 1 is 1.14 bits per heavy atom. The molecule has 0 fully saturated rings. The van der Waals surface area contributed by atoms with Crippen LogP contribution in [0.4, 0.5) is 4.39 Å². The molecule has 0 amide bonds. The minimum absolute atomic E-state index is 0.0218. The van der Waals surface area contributed by atoms with Crippen LogP contribution in [0, 0.1) is 24.1 Å². The van der Waals surface area contributed by atoms with Gasteiger partial charge in [-0.3, -0.25) is 4.79 Å². The van der Waals surface area contributed by atoms with Gasteiger partial charge in [0.15, 0.2) is 11.5 Å². The molecule has 4 rings (SSSR count). The quantitative estimate of drug-likeness (QED) is 0.378. The summed E-state index contributed by atoms with van der Waals surface area (Å²) in [6.45, 7) is 7.77. The molecule has 0 radical (unpaired) electrons. The monoisotopic (exact) mass is 510 g/mol. The normalized spacial score (nSPS) is 13.1. The molecule has 0 spiro atoms. The van der Waals surface area contributed by atoms with Gasteiger partial charge in [-0.05, 0) is 48.9 Å². The number of hydrogen-bond acceptors (Lipinski definition) is 6. The van der Waals surface area contributed by atoms with Crippen molar-refractivity contribution in [3.63, 3.8) is 0 Å². The molecule has 0 saturated heterocycles. The molecule has 8 nitrogen and oxygen atoms in total. The third-order valence-electron chi connectivity index (χ3n) is 6.21. The third kappa shape index (κ3) is 5.13. The van der Waals surface area contributed by atoms with Crippen LogP contribution >= 0.6 is 0 Å². The van der Waals surface area contributed by atoms with Gasteiger partial charge < -0.3 is 5.11 Å². The van der Waals surface area contributed by atoms with E-state index in [0.717, 1.165) is 15.7 Å². The van der Waals surface area contributed by atoms with Gasteiger partial charge in [-0.2, -0.15) is 0 Å². The largest absolute Gasteiger partial charge is 0.481 e. The average Bonchev–Trinajstić information content (AvgIpc) is 3.18. The molecule has 0 unspecified atom stereocenters. The summed E-state index contributed by atoms with van der Waals surface area (Å²) in [6, 6.07) is 9.31. The van der Waals surface area contributed by atoms with Crippen LogP contribution in [0.1, 0.15) is 38.4 Å². The first-order valence-corrected chi connectivity index (χ1v) is 12.8. The zero-order valence-corrected chi connectivity index (χ0v) is 21.3. The van der Waals surface area contributed by atoms with Crippen LogP contribution in [0.15, 0.2) is 59.9 Å². The van der Waals surface area contributed by atoms with E-state index in [-0.39, 0.29) is 39.5 Å². The molecule has 10 heteroatoms. The Bertz CT molecular complexity index is 1540. The van der Waals surface area contributed by atoms with Crippen molar-refractivity contribution >= 4 is 27.0 Å². The fraction of sp³-hybridized carbons (Fsp3) is 0.308. The van der Waals surface area contributed by atoms with E-state index in [9.17, 15) is 22.7 Å². The molecule has 0 aliphatic carbocycles. The summed E-state index contributed by atoms with van der Waals surface area (Å²) in [5, 5.41) is 9.61. The number of aliphatic carboxylic acids is 1. The molecule has 0 saturated carbocycles. The highest BCUT2D eigenvalue weighted by atomic mass is 32.2. The molecule has 0 aliphatic rings. The van der Waals surface area contributed by atoms with Crippen LogP contribution in [0.5, 0.6) is 0 Å². The summed E-state index contributed by atoms with van der Waals surface area (Å²) in [7, 11) is -4.03. The number of nitrogens with zero attached hydrogens (tertiary/aromatic N) is 4. The minimum Gasteiger partial charge on any atom is -0.481 e. The Hall–Kier alpha value is -3.66. The van der Waals surface area contributed by atoms with Gasteiger partial charge in [0.2, 0.25) is 0 Å². The summed E-state index contributed by atoms with van der Waals surface area (Å²) in [6.07, 6.45) is 4.21. The van der Waals surface area contributed by atoms with Gasteiger partial charge in [0, 0.05) is 35.5 Å². The van der Waals surface area contributed by atoms with Crippen LogP contribution in [0.3, 0.4) is 0 Å². The number of carboxylic acids is 1. The number of benzene rings is 1. The topological polar surface area (TPSA) is 115 Å². The SMILES string of the molecule is Cc1ccc(S(=O)(=O)n2cc(-c3nccc(C[C@H](CC(=O)O)C(C)(C)C)n3)c3cc(F)cnc32)cc1. The highest BCUT2D eigenvalue weighted by molar-refractivity contribution is 7.90. The minimum atomic E-state index is -4.03. The van der Waals surface area contributed by atoms with Crippen LogP contribution in [0.2, 0.25) is 0 Å². The van der Waals surface area contributed by atoms with E-state index in [2.05, 4.69) is 15.0 Å². The standard InChI is InChI=1S/C26H27FN4O4S/c1-16-5-7-20(8-6-16)36(34,35)31-15-22(21-13-18(27)14-29-25(21)31)24-28-10-9-19(30-24)11-17(12-23(32)33)26(2,3)4/h5-10,13-15,17H,11-12H2,1-4H3,(H,32,33)/t17-/m1/s1. The first-order chi connectivity index (χ1) is 16.9. The molecule has 3 heterocycles. The van der Waals surface area contributed by atoms with Crippen molar-refractivity contribution < 1.29 is 22.7 Å². The maximum absolute atomic E-state index is 14.2. The van der Waals surface area contributed by atoms with Crippen molar-refractivity contribution in [2.24, 2.45) is 11.3 Å². The summed E-state index contributed by atoms with van der Waals surface area (Å²) in [5.74, 6) is -1.51. The van der Waals surface area contributed by atoms with Crippen LogP contribution in [0.25, 0.3) is 22.4 Å². The maximum atomic E-state index is 14.2. The lowest BCUT2D eigenvalue weighted by molar-refractivity contribution is -0.139. The van der Waals surface area contributed by atoms with Crippen molar-refractivity contribution in [2.75, 3.05) is 0 Å². The van der Waals surface area contributed by atoms with Gasteiger partial charge in [0.1, 0.15) is 5.82 Å². The first-order valence-electron chi connectivity index (χ1n) is 11.4. The van der Waals surface area contributed by atoms with Gasteiger partial charge in [0.25, 0.3) is 10.0 Å². The summed E-state index contributed by atoms with van der Waals surface area (Å²) in [4.78, 5) is 24.5. The summed E-state index contributed by atoms with van der Waals surface area (Å²) >= 11 is 0. The molecule has 1 atom stereocenters. The van der Waals surface area contributed by atoms with Crippen molar-refractivity contribution in [1.82, 2.24) is 18.9 Å². The van der Waals surface area contributed by atoms with E-state index in [1.165, 1.54) is 30.6 Å². The van der Waals surface area contributed by atoms with Crippen molar-refractivity contribution in [3.05, 3.63) is 72.1 Å². The Kier molecular flexibility index (Phi) is 6.66. The molecule has 1 N–H and O–H groups in total. The number of aryl methyl sites for hydroxylation is 1. The van der Waals surface area contributed by atoms with Crippen LogP contribution in [-0.2, 0) is 21.2 Å². The van der Waals surface area contributed by atoms with Crippen LogP contribution in [-0.4, -0.2) is 38.4 Å². The Labute approximate surface area is 208 Å². The van der Waals surface area contributed by atoms with Gasteiger partial charge in [-0.15, -0.1) is 0 Å². The second kappa shape index (κ2) is 9.42. The fourth-order valence-electron chi connectivity index (χ4n) is 4.03. The molecular formula is C26H27FN4O4S. The number of aromatic nitrogens is 4. The highest BCUT2D eigenvalue weighted by Crippen LogP contribution is 2.33. The molecule has 0 bridgehead atoms. The second-order valence-corrected chi connectivity index (χ2v) is 11.7. The Morgan fingerprint density at radius 3 is 2.47 bits per heavy atom. The van der Waals surface area contributed by atoms with E-state index in [4.69, 9.17) is 0 Å². The predicted molar refractivity (Wildman–Crippen MR) is 133 cm³/mol. The lowest BCUT2D eigenvalue weighted by Gasteiger charge is -2.29. The van der Waals surface area contributed by atoms with Crippen molar-refractivity contribution in [1.29, 1.82) is 0 Å². The number of hydrogen-bond donors (Lipinski definition) is 1. The Morgan fingerprint density at radius 2 is 1.83 bits per heavy atom. The fourth-order valence-corrected chi connectivity index (χ4v) is 5.35. The lowest BCUT2D eigenvalue weighted by Crippen LogP contribution is -2.25. The number of halogens is 1. The molecular weight excluding hydrogens is 483 g/mol. The third-order valence-corrected chi connectivity index (χ3v) is 7.88. The van der Waals surface area contributed by atoms with Gasteiger partial charge in [0.05, 0.1) is 11.1 Å². The van der Waals surface area contributed by atoms with Gasteiger partial charge in [-0.25, -0.2) is 31.7 Å².